The molecule has 140 valence electrons. The first kappa shape index (κ1) is 18.2. The Morgan fingerprint density at radius 3 is 2.70 bits per heavy atom. The van der Waals surface area contributed by atoms with Gasteiger partial charge in [0.15, 0.2) is 17.5 Å². The average Bonchev–Trinajstić information content (AvgIpc) is 3.09. The molecule has 2 amide bonds. The third-order valence-corrected chi connectivity index (χ3v) is 3.50. The van der Waals surface area contributed by atoms with Crippen molar-refractivity contribution in [2.75, 3.05) is 23.7 Å². The van der Waals surface area contributed by atoms with Crippen LogP contribution in [-0.2, 0) is 0 Å². The van der Waals surface area contributed by atoms with Crippen molar-refractivity contribution in [1.82, 2.24) is 25.1 Å². The first-order chi connectivity index (χ1) is 13.0. The zero-order valence-corrected chi connectivity index (χ0v) is 14.4. The van der Waals surface area contributed by atoms with Crippen LogP contribution in [0.3, 0.4) is 0 Å². The lowest BCUT2D eigenvalue weighted by Gasteiger charge is -2.09. The van der Waals surface area contributed by atoms with E-state index < -0.39 is 17.7 Å². The van der Waals surface area contributed by atoms with Gasteiger partial charge >= 0.3 is 6.03 Å². The Morgan fingerprint density at radius 2 is 1.96 bits per heavy atom. The molecule has 0 aliphatic rings. The van der Waals surface area contributed by atoms with Gasteiger partial charge in [-0.2, -0.15) is 5.10 Å². The summed E-state index contributed by atoms with van der Waals surface area (Å²) in [6.07, 6.45) is 3.21. The number of benzene rings is 1. The molecule has 27 heavy (non-hydrogen) atoms. The molecule has 0 unspecified atom stereocenters. The Kier molecular flexibility index (Phi) is 5.55. The number of nitrogens with one attached hydrogen (secondary N) is 3. The summed E-state index contributed by atoms with van der Waals surface area (Å²) in [5.41, 5.74) is 1.04. The summed E-state index contributed by atoms with van der Waals surface area (Å²) >= 11 is 0. The second-order valence-corrected chi connectivity index (χ2v) is 5.60. The summed E-state index contributed by atoms with van der Waals surface area (Å²) in [7, 11) is 0. The highest BCUT2D eigenvalue weighted by atomic mass is 19.2. The van der Waals surface area contributed by atoms with Gasteiger partial charge in [0.05, 0.1) is 5.69 Å². The van der Waals surface area contributed by atoms with E-state index >= 15 is 0 Å². The van der Waals surface area contributed by atoms with Gasteiger partial charge in [-0.15, -0.1) is 0 Å². The Balaban J connectivity index is 1.46. The van der Waals surface area contributed by atoms with E-state index in [0.29, 0.717) is 18.2 Å². The third kappa shape index (κ3) is 4.97. The zero-order chi connectivity index (χ0) is 19.2. The molecule has 2 aromatic heterocycles. The predicted molar refractivity (Wildman–Crippen MR) is 95.8 cm³/mol. The smallest absolute Gasteiger partial charge is 0.319 e. The van der Waals surface area contributed by atoms with Gasteiger partial charge in [-0.25, -0.2) is 28.2 Å². The van der Waals surface area contributed by atoms with Gasteiger partial charge in [-0.1, -0.05) is 0 Å². The van der Waals surface area contributed by atoms with Crippen LogP contribution in [0.5, 0.6) is 0 Å². The number of aryl methyl sites for hydroxylation is 1. The Hall–Kier alpha value is -3.56. The fourth-order valence-corrected chi connectivity index (χ4v) is 2.23. The molecule has 0 aliphatic heterocycles. The van der Waals surface area contributed by atoms with Crippen LogP contribution in [-0.4, -0.2) is 38.9 Å². The summed E-state index contributed by atoms with van der Waals surface area (Å²) in [5, 5.41) is 12.3. The molecule has 3 rings (SSSR count). The number of hydrogen-bond donors (Lipinski definition) is 3. The number of carbonyl (C=O) groups excluding carboxylic acids is 1. The lowest BCUT2D eigenvalue weighted by Crippen LogP contribution is -2.32. The Morgan fingerprint density at radius 1 is 1.11 bits per heavy atom. The highest BCUT2D eigenvalue weighted by molar-refractivity contribution is 5.89. The molecule has 10 heteroatoms. The molecule has 8 nitrogen and oxygen atoms in total. The van der Waals surface area contributed by atoms with Gasteiger partial charge in [0.2, 0.25) is 0 Å². The maximum Gasteiger partial charge on any atom is 0.319 e. The van der Waals surface area contributed by atoms with E-state index in [-0.39, 0.29) is 12.2 Å². The van der Waals surface area contributed by atoms with Gasteiger partial charge in [0.25, 0.3) is 0 Å². The molecule has 0 spiro atoms. The van der Waals surface area contributed by atoms with Crippen LogP contribution in [0.1, 0.15) is 5.69 Å². The van der Waals surface area contributed by atoms with Crippen LogP contribution >= 0.6 is 0 Å². The van der Waals surface area contributed by atoms with E-state index in [0.717, 1.165) is 17.8 Å². The van der Waals surface area contributed by atoms with Gasteiger partial charge in [0, 0.05) is 37.1 Å². The fourth-order valence-electron chi connectivity index (χ4n) is 2.23. The summed E-state index contributed by atoms with van der Waals surface area (Å²) < 4.78 is 27.6. The highest BCUT2D eigenvalue weighted by Gasteiger charge is 2.06. The SMILES string of the molecule is Cc1ccn(-c2cc(NCCNC(=O)Nc3ccc(F)c(F)c3)ncn2)n1. The number of carbonyl (C=O) groups is 1. The summed E-state index contributed by atoms with van der Waals surface area (Å²) in [5.74, 6) is -0.804. The van der Waals surface area contributed by atoms with Crippen LogP contribution < -0.4 is 16.0 Å². The average molecular weight is 373 g/mol. The maximum atomic E-state index is 13.1. The molecule has 1 aromatic carbocycles. The van der Waals surface area contributed by atoms with Crippen molar-refractivity contribution >= 4 is 17.5 Å². The number of nitrogens with zero attached hydrogens (tertiary/aromatic N) is 4. The van der Waals surface area contributed by atoms with E-state index in [4.69, 9.17) is 0 Å². The van der Waals surface area contributed by atoms with E-state index in [1.165, 1.54) is 12.4 Å². The maximum absolute atomic E-state index is 13.1. The van der Waals surface area contributed by atoms with Crippen molar-refractivity contribution in [1.29, 1.82) is 0 Å². The number of rotatable bonds is 6. The number of hydrogen-bond acceptors (Lipinski definition) is 5. The molecule has 3 aromatic rings. The molecular formula is C17H17F2N7O. The Bertz CT molecular complexity index is 945. The fraction of sp³-hybridized carbons (Fsp3) is 0.176. The molecule has 0 aliphatic carbocycles. The quantitative estimate of drug-likeness (QED) is 0.577. The van der Waals surface area contributed by atoms with Crippen molar-refractivity contribution in [2.24, 2.45) is 0 Å². The van der Waals surface area contributed by atoms with Crippen molar-refractivity contribution < 1.29 is 13.6 Å². The van der Waals surface area contributed by atoms with Gasteiger partial charge in [-0.05, 0) is 25.1 Å². The minimum Gasteiger partial charge on any atom is -0.368 e. The monoisotopic (exact) mass is 373 g/mol. The molecule has 0 bridgehead atoms. The van der Waals surface area contributed by atoms with Crippen LogP contribution in [0.4, 0.5) is 25.1 Å². The summed E-state index contributed by atoms with van der Waals surface area (Å²) in [4.78, 5) is 20.0. The molecule has 3 N–H and O–H groups in total. The highest BCUT2D eigenvalue weighted by Crippen LogP contribution is 2.12. The van der Waals surface area contributed by atoms with Crippen LogP contribution in [0, 0.1) is 18.6 Å². The lowest BCUT2D eigenvalue weighted by atomic mass is 10.3. The van der Waals surface area contributed by atoms with Crippen LogP contribution in [0.2, 0.25) is 0 Å². The third-order valence-electron chi connectivity index (χ3n) is 3.50. The first-order valence-electron chi connectivity index (χ1n) is 8.10. The van der Waals surface area contributed by atoms with E-state index in [9.17, 15) is 13.6 Å². The second kappa shape index (κ2) is 8.21. The van der Waals surface area contributed by atoms with E-state index in [1.807, 2.05) is 13.0 Å². The molecule has 0 fully saturated rings. The topological polar surface area (TPSA) is 96.8 Å². The van der Waals surface area contributed by atoms with Gasteiger partial charge < -0.3 is 16.0 Å². The summed E-state index contributed by atoms with van der Waals surface area (Å²) in [6.45, 7) is 2.57. The van der Waals surface area contributed by atoms with Crippen LogP contribution in [0.25, 0.3) is 5.82 Å². The largest absolute Gasteiger partial charge is 0.368 e. The Labute approximate surface area is 153 Å². The number of halogens is 2. The normalized spacial score (nSPS) is 10.5. The van der Waals surface area contributed by atoms with Crippen molar-refractivity contribution in [3.05, 3.63) is 60.2 Å². The number of urea groups is 1. The zero-order valence-electron chi connectivity index (χ0n) is 14.4. The van der Waals surface area contributed by atoms with E-state index in [2.05, 4.69) is 31.0 Å². The van der Waals surface area contributed by atoms with Crippen molar-refractivity contribution in [2.45, 2.75) is 6.92 Å². The minimum atomic E-state index is -1.03. The molecular weight excluding hydrogens is 356 g/mol. The van der Waals surface area contributed by atoms with Crippen molar-refractivity contribution in [3.63, 3.8) is 0 Å². The molecule has 0 atom stereocenters. The van der Waals surface area contributed by atoms with Gasteiger partial charge in [0.1, 0.15) is 12.1 Å². The van der Waals surface area contributed by atoms with Crippen molar-refractivity contribution in [3.8, 4) is 5.82 Å². The summed E-state index contributed by atoms with van der Waals surface area (Å²) in [6, 6.07) is 6.19. The standard InChI is InChI=1S/C17H17F2N7O/c1-11-4-7-26(25-11)16-9-15(22-10-23-16)20-5-6-21-17(27)24-12-2-3-13(18)14(19)8-12/h2-4,7-10H,5-6H2,1H3,(H,20,22,23)(H2,21,24,27). The molecule has 2 heterocycles. The molecule has 0 saturated heterocycles. The number of aromatic nitrogens is 4. The van der Waals surface area contributed by atoms with Gasteiger partial charge in [-0.3, -0.25) is 0 Å². The number of amides is 2. The minimum absolute atomic E-state index is 0.161. The first-order valence-corrected chi connectivity index (χ1v) is 8.10. The predicted octanol–water partition coefficient (Wildman–Crippen LogP) is 2.48. The molecule has 0 radical (unpaired) electrons. The number of anilines is 2. The lowest BCUT2D eigenvalue weighted by molar-refractivity contribution is 0.252. The second-order valence-electron chi connectivity index (χ2n) is 5.60. The van der Waals surface area contributed by atoms with E-state index in [1.54, 1.807) is 16.9 Å². The molecule has 0 saturated carbocycles. The van der Waals surface area contributed by atoms with Crippen LogP contribution in [0.15, 0.2) is 42.9 Å².